The molecule has 0 heterocycles. The van der Waals surface area contributed by atoms with Gasteiger partial charge in [0.15, 0.2) is 0 Å². The third-order valence-electron chi connectivity index (χ3n) is 7.89. The second-order valence-electron chi connectivity index (χ2n) is 10.7. The van der Waals surface area contributed by atoms with Crippen LogP contribution in [0.3, 0.4) is 0 Å². The Morgan fingerprint density at radius 3 is 1.17 bits per heavy atom. The number of rotatable bonds is 6. The summed E-state index contributed by atoms with van der Waals surface area (Å²) in [6, 6.07) is 0. The van der Waals surface area contributed by atoms with E-state index in [-0.39, 0.29) is 24.7 Å². The number of hydrogen-bond acceptors (Lipinski definition) is 9. The lowest BCUT2D eigenvalue weighted by Crippen LogP contribution is -2.44. The lowest BCUT2D eigenvalue weighted by Gasteiger charge is -2.35. The number of carbonyl (C=O) groups is 3. The summed E-state index contributed by atoms with van der Waals surface area (Å²) in [5, 5.41) is 0. The SMILES string of the molecule is O=C(OC1CCCCC1)OC1CCC(OC(=O)OC2CCCCC2)C(OC(=O)OC2CCCCC2)C1. The van der Waals surface area contributed by atoms with Gasteiger partial charge in [0.2, 0.25) is 0 Å². The fourth-order valence-corrected chi connectivity index (χ4v) is 5.85. The molecule has 0 aromatic carbocycles. The fourth-order valence-electron chi connectivity index (χ4n) is 5.85. The third-order valence-corrected chi connectivity index (χ3v) is 7.89. The van der Waals surface area contributed by atoms with E-state index in [2.05, 4.69) is 0 Å². The number of hydrogen-bond donors (Lipinski definition) is 0. The predicted molar refractivity (Wildman–Crippen MR) is 129 cm³/mol. The molecule has 9 nitrogen and oxygen atoms in total. The van der Waals surface area contributed by atoms with Gasteiger partial charge in [0.05, 0.1) is 0 Å². The molecule has 0 amide bonds. The number of carbonyl (C=O) groups excluding carboxylic acids is 3. The van der Waals surface area contributed by atoms with Crippen molar-refractivity contribution in [3.63, 3.8) is 0 Å². The molecule has 0 aliphatic heterocycles. The van der Waals surface area contributed by atoms with Crippen LogP contribution in [0.25, 0.3) is 0 Å². The molecule has 0 aromatic heterocycles. The van der Waals surface area contributed by atoms with Gasteiger partial charge >= 0.3 is 18.5 Å². The molecular weight excluding hydrogens is 468 g/mol. The molecular formula is C27H42O9. The first-order valence-electron chi connectivity index (χ1n) is 14.2. The predicted octanol–water partition coefficient (Wildman–Crippen LogP) is 6.73. The van der Waals surface area contributed by atoms with Crippen LogP contribution in [-0.2, 0) is 28.4 Å². The zero-order valence-electron chi connectivity index (χ0n) is 21.4. The highest BCUT2D eigenvalue weighted by atomic mass is 16.8. The van der Waals surface area contributed by atoms with Crippen molar-refractivity contribution in [2.75, 3.05) is 0 Å². The van der Waals surface area contributed by atoms with Gasteiger partial charge in [-0.05, 0) is 89.9 Å². The van der Waals surface area contributed by atoms with Gasteiger partial charge in [0, 0.05) is 6.42 Å². The molecule has 4 saturated carbocycles. The highest BCUT2D eigenvalue weighted by molar-refractivity contribution is 5.62. The van der Waals surface area contributed by atoms with Crippen molar-refractivity contribution in [3.05, 3.63) is 0 Å². The molecule has 204 valence electrons. The van der Waals surface area contributed by atoms with E-state index < -0.39 is 36.8 Å². The van der Waals surface area contributed by atoms with E-state index in [0.717, 1.165) is 96.3 Å². The Bertz CT molecular complexity index is 708. The zero-order chi connectivity index (χ0) is 25.2. The maximum absolute atomic E-state index is 12.6. The number of ether oxygens (including phenoxy) is 6. The summed E-state index contributed by atoms with van der Waals surface area (Å²) in [4.78, 5) is 37.4. The monoisotopic (exact) mass is 510 g/mol. The summed E-state index contributed by atoms with van der Waals surface area (Å²) in [5.41, 5.74) is 0. The molecule has 3 unspecified atom stereocenters. The first-order valence-corrected chi connectivity index (χ1v) is 14.2. The van der Waals surface area contributed by atoms with Crippen LogP contribution in [0.5, 0.6) is 0 Å². The van der Waals surface area contributed by atoms with Crippen LogP contribution in [0.15, 0.2) is 0 Å². The van der Waals surface area contributed by atoms with Gasteiger partial charge in [-0.1, -0.05) is 19.3 Å². The molecule has 0 aromatic rings. The molecule has 0 saturated heterocycles. The highest BCUT2D eigenvalue weighted by Gasteiger charge is 2.39. The summed E-state index contributed by atoms with van der Waals surface area (Å²) in [6.07, 6.45) is 11.3. The molecule has 3 atom stereocenters. The molecule has 0 N–H and O–H groups in total. The lowest BCUT2D eigenvalue weighted by atomic mass is 9.92. The minimum absolute atomic E-state index is 0.0991. The van der Waals surface area contributed by atoms with Crippen molar-refractivity contribution in [3.8, 4) is 0 Å². The van der Waals surface area contributed by atoms with Crippen LogP contribution < -0.4 is 0 Å². The Kier molecular flexibility index (Phi) is 10.4. The van der Waals surface area contributed by atoms with Crippen LogP contribution in [0, 0.1) is 0 Å². The average Bonchev–Trinajstić information content (AvgIpc) is 2.87. The van der Waals surface area contributed by atoms with Crippen molar-refractivity contribution in [2.45, 2.75) is 152 Å². The van der Waals surface area contributed by atoms with Crippen molar-refractivity contribution >= 4 is 18.5 Å². The molecule has 4 rings (SSSR count). The first-order chi connectivity index (χ1) is 17.5. The molecule has 9 heteroatoms. The van der Waals surface area contributed by atoms with E-state index in [9.17, 15) is 14.4 Å². The van der Waals surface area contributed by atoms with E-state index in [1.807, 2.05) is 0 Å². The Morgan fingerprint density at radius 1 is 0.361 bits per heavy atom. The van der Waals surface area contributed by atoms with Crippen molar-refractivity contribution in [2.24, 2.45) is 0 Å². The molecule has 0 bridgehead atoms. The Balaban J connectivity index is 1.30. The Hall–Kier alpha value is -2.19. The largest absolute Gasteiger partial charge is 0.508 e. The van der Waals surface area contributed by atoms with Gasteiger partial charge in [0.25, 0.3) is 0 Å². The van der Waals surface area contributed by atoms with E-state index in [4.69, 9.17) is 28.4 Å². The molecule has 0 radical (unpaired) electrons. The van der Waals surface area contributed by atoms with Gasteiger partial charge in [-0.2, -0.15) is 0 Å². The second kappa shape index (κ2) is 13.9. The van der Waals surface area contributed by atoms with Gasteiger partial charge in [-0.25, -0.2) is 14.4 Å². The smallest absolute Gasteiger partial charge is 0.431 e. The molecule has 4 aliphatic rings. The van der Waals surface area contributed by atoms with Gasteiger partial charge in [-0.15, -0.1) is 0 Å². The van der Waals surface area contributed by atoms with Gasteiger partial charge in [-0.3, -0.25) is 0 Å². The summed E-state index contributed by atoms with van der Waals surface area (Å²) in [6.45, 7) is 0. The van der Waals surface area contributed by atoms with E-state index >= 15 is 0 Å². The standard InChI is InChI=1S/C27H42O9/c28-25(31-19-10-4-1-5-11-19)34-22-16-17-23(35-26(29)32-20-12-6-2-7-13-20)24(18-22)36-27(30)33-21-14-8-3-9-15-21/h19-24H,1-18H2. The summed E-state index contributed by atoms with van der Waals surface area (Å²) < 4.78 is 33.3. The third kappa shape index (κ3) is 8.73. The summed E-state index contributed by atoms with van der Waals surface area (Å²) in [7, 11) is 0. The van der Waals surface area contributed by atoms with Crippen molar-refractivity contribution < 1.29 is 42.8 Å². The normalized spacial score (nSPS) is 28.5. The van der Waals surface area contributed by atoms with Crippen LogP contribution in [-0.4, -0.2) is 55.1 Å². The minimum Gasteiger partial charge on any atom is -0.431 e. The minimum atomic E-state index is -0.791. The van der Waals surface area contributed by atoms with Crippen LogP contribution in [0.4, 0.5) is 14.4 Å². The van der Waals surface area contributed by atoms with Crippen LogP contribution in [0.1, 0.15) is 116 Å². The quantitative estimate of drug-likeness (QED) is 0.284. The van der Waals surface area contributed by atoms with Crippen molar-refractivity contribution in [1.82, 2.24) is 0 Å². The summed E-state index contributed by atoms with van der Waals surface area (Å²) >= 11 is 0. The molecule has 4 aliphatic carbocycles. The maximum atomic E-state index is 12.6. The summed E-state index contributed by atoms with van der Waals surface area (Å²) in [5.74, 6) is 0. The van der Waals surface area contributed by atoms with Gasteiger partial charge in [0.1, 0.15) is 36.6 Å². The van der Waals surface area contributed by atoms with E-state index in [1.165, 1.54) is 0 Å². The molecule has 4 fully saturated rings. The van der Waals surface area contributed by atoms with Crippen molar-refractivity contribution in [1.29, 1.82) is 0 Å². The lowest BCUT2D eigenvalue weighted by molar-refractivity contribution is -0.110. The fraction of sp³-hybridized carbons (Fsp3) is 0.889. The maximum Gasteiger partial charge on any atom is 0.508 e. The topological polar surface area (TPSA) is 107 Å². The van der Waals surface area contributed by atoms with Gasteiger partial charge < -0.3 is 28.4 Å². The first kappa shape index (κ1) is 26.9. The molecule has 36 heavy (non-hydrogen) atoms. The second-order valence-corrected chi connectivity index (χ2v) is 10.7. The average molecular weight is 511 g/mol. The van der Waals surface area contributed by atoms with Crippen LogP contribution >= 0.6 is 0 Å². The molecule has 0 spiro atoms. The Labute approximate surface area is 213 Å². The highest BCUT2D eigenvalue weighted by Crippen LogP contribution is 2.30. The zero-order valence-corrected chi connectivity index (χ0v) is 21.4. The van der Waals surface area contributed by atoms with E-state index in [0.29, 0.717) is 12.8 Å². The van der Waals surface area contributed by atoms with Crippen LogP contribution in [0.2, 0.25) is 0 Å². The Morgan fingerprint density at radius 2 is 0.722 bits per heavy atom. The van der Waals surface area contributed by atoms with E-state index in [1.54, 1.807) is 0 Å².